The van der Waals surface area contributed by atoms with Gasteiger partial charge in [0.25, 0.3) is 0 Å². The molecule has 0 spiro atoms. The summed E-state index contributed by atoms with van der Waals surface area (Å²) in [7, 11) is 1.88. The van der Waals surface area contributed by atoms with Crippen molar-refractivity contribution in [2.45, 2.75) is 26.4 Å². The van der Waals surface area contributed by atoms with Gasteiger partial charge in [-0.15, -0.1) is 0 Å². The first-order valence-corrected chi connectivity index (χ1v) is 5.43. The van der Waals surface area contributed by atoms with Crippen molar-refractivity contribution in [2.24, 2.45) is 0 Å². The van der Waals surface area contributed by atoms with Gasteiger partial charge in [-0.25, -0.2) is 4.79 Å². The number of amides is 2. The Labute approximate surface area is 96.4 Å². The summed E-state index contributed by atoms with van der Waals surface area (Å²) in [6.45, 7) is 4.59. The van der Waals surface area contributed by atoms with E-state index >= 15 is 0 Å². The van der Waals surface area contributed by atoms with Gasteiger partial charge < -0.3 is 16.0 Å². The van der Waals surface area contributed by atoms with Crippen LogP contribution in [0.2, 0.25) is 0 Å². The fourth-order valence-corrected chi connectivity index (χ4v) is 1.41. The van der Waals surface area contributed by atoms with Crippen LogP contribution in [0.15, 0.2) is 24.3 Å². The Hall–Kier alpha value is -1.55. The summed E-state index contributed by atoms with van der Waals surface area (Å²) in [6, 6.07) is 7.71. The molecule has 3 N–H and O–H groups in total. The average Bonchev–Trinajstić information content (AvgIpc) is 2.20. The lowest BCUT2D eigenvalue weighted by Crippen LogP contribution is -2.34. The molecule has 16 heavy (non-hydrogen) atoms. The van der Waals surface area contributed by atoms with Gasteiger partial charge in [0.2, 0.25) is 0 Å². The molecule has 0 radical (unpaired) electrons. The van der Waals surface area contributed by atoms with Crippen molar-refractivity contribution in [1.29, 1.82) is 0 Å². The third kappa shape index (κ3) is 3.90. The number of carbonyl (C=O) groups excluding carboxylic acids is 1. The number of hydrogen-bond donors (Lipinski definition) is 3. The van der Waals surface area contributed by atoms with Gasteiger partial charge >= 0.3 is 6.03 Å². The number of carbonyl (C=O) groups is 1. The van der Waals surface area contributed by atoms with E-state index in [4.69, 9.17) is 0 Å². The molecule has 0 aliphatic carbocycles. The topological polar surface area (TPSA) is 53.2 Å². The Morgan fingerprint density at radius 1 is 1.31 bits per heavy atom. The van der Waals surface area contributed by atoms with Crippen molar-refractivity contribution in [3.05, 3.63) is 29.8 Å². The first-order chi connectivity index (χ1) is 7.63. The molecule has 0 aliphatic rings. The second-order valence-corrected chi connectivity index (χ2v) is 3.94. The van der Waals surface area contributed by atoms with Gasteiger partial charge in [-0.3, -0.25) is 0 Å². The van der Waals surface area contributed by atoms with Gasteiger partial charge in [-0.1, -0.05) is 18.2 Å². The van der Waals surface area contributed by atoms with Crippen molar-refractivity contribution < 1.29 is 4.79 Å². The van der Waals surface area contributed by atoms with Gasteiger partial charge in [0.05, 0.1) is 0 Å². The minimum atomic E-state index is -0.168. The summed E-state index contributed by atoms with van der Waals surface area (Å²) in [5, 5.41) is 8.69. The zero-order chi connectivity index (χ0) is 12.0. The second-order valence-electron chi connectivity index (χ2n) is 3.94. The highest BCUT2D eigenvalue weighted by molar-refractivity contribution is 5.90. The van der Waals surface area contributed by atoms with E-state index in [2.05, 4.69) is 16.0 Å². The molecular weight excluding hydrogens is 202 g/mol. The Kier molecular flexibility index (Phi) is 4.79. The number of benzene rings is 1. The van der Waals surface area contributed by atoms with E-state index < -0.39 is 0 Å². The standard InChI is InChI=1S/C12H19N3O/c1-9(2)14-12(16)15-11-7-5-4-6-10(11)8-13-3/h4-7,9,13H,8H2,1-3H3,(H2,14,15,16). The summed E-state index contributed by atoms with van der Waals surface area (Å²) < 4.78 is 0. The van der Waals surface area contributed by atoms with Crippen LogP contribution in [-0.4, -0.2) is 19.1 Å². The van der Waals surface area contributed by atoms with E-state index in [1.807, 2.05) is 45.2 Å². The van der Waals surface area contributed by atoms with Crippen LogP contribution in [0.25, 0.3) is 0 Å². The molecule has 0 saturated heterocycles. The van der Waals surface area contributed by atoms with Crippen molar-refractivity contribution >= 4 is 11.7 Å². The highest BCUT2D eigenvalue weighted by atomic mass is 16.2. The van der Waals surface area contributed by atoms with Gasteiger partial charge in [0.1, 0.15) is 0 Å². The SMILES string of the molecule is CNCc1ccccc1NC(=O)NC(C)C. The molecule has 1 rings (SSSR count). The fraction of sp³-hybridized carbons (Fsp3) is 0.417. The molecule has 4 heteroatoms. The minimum Gasteiger partial charge on any atom is -0.336 e. The number of urea groups is 1. The van der Waals surface area contributed by atoms with Gasteiger partial charge in [0.15, 0.2) is 0 Å². The molecule has 2 amide bonds. The highest BCUT2D eigenvalue weighted by Gasteiger charge is 2.06. The molecule has 1 aromatic carbocycles. The third-order valence-corrected chi connectivity index (χ3v) is 2.05. The second kappa shape index (κ2) is 6.12. The lowest BCUT2D eigenvalue weighted by molar-refractivity contribution is 0.250. The molecule has 0 aliphatic heterocycles. The molecule has 1 aromatic rings. The van der Waals surface area contributed by atoms with Crippen LogP contribution in [0, 0.1) is 0 Å². The summed E-state index contributed by atoms with van der Waals surface area (Å²) in [5.74, 6) is 0. The zero-order valence-electron chi connectivity index (χ0n) is 10.0. The first kappa shape index (κ1) is 12.5. The Morgan fingerprint density at radius 3 is 2.62 bits per heavy atom. The van der Waals surface area contributed by atoms with Crippen LogP contribution in [0.3, 0.4) is 0 Å². The Balaban J connectivity index is 2.68. The maximum atomic E-state index is 11.5. The predicted molar refractivity (Wildman–Crippen MR) is 66.5 cm³/mol. The molecule has 0 atom stereocenters. The largest absolute Gasteiger partial charge is 0.336 e. The van der Waals surface area contributed by atoms with E-state index in [1.165, 1.54) is 0 Å². The summed E-state index contributed by atoms with van der Waals surface area (Å²) in [4.78, 5) is 11.5. The lowest BCUT2D eigenvalue weighted by Gasteiger charge is -2.13. The molecule has 0 fully saturated rings. The highest BCUT2D eigenvalue weighted by Crippen LogP contribution is 2.14. The van der Waals surface area contributed by atoms with Crippen LogP contribution in [0.4, 0.5) is 10.5 Å². The predicted octanol–water partition coefficient (Wildman–Crippen LogP) is 1.94. The number of para-hydroxylation sites is 1. The fourth-order valence-electron chi connectivity index (χ4n) is 1.41. The van der Waals surface area contributed by atoms with Gasteiger partial charge in [-0.2, -0.15) is 0 Å². The number of anilines is 1. The van der Waals surface area contributed by atoms with Crippen molar-refractivity contribution in [1.82, 2.24) is 10.6 Å². The molecular formula is C12H19N3O. The maximum absolute atomic E-state index is 11.5. The first-order valence-electron chi connectivity index (χ1n) is 5.43. The van der Waals surface area contributed by atoms with Crippen LogP contribution in [-0.2, 0) is 6.54 Å². The van der Waals surface area contributed by atoms with Crippen LogP contribution < -0.4 is 16.0 Å². The van der Waals surface area contributed by atoms with Crippen LogP contribution >= 0.6 is 0 Å². The number of hydrogen-bond acceptors (Lipinski definition) is 2. The summed E-state index contributed by atoms with van der Waals surface area (Å²) in [5.41, 5.74) is 1.92. The van der Waals surface area contributed by atoms with Crippen molar-refractivity contribution in [3.8, 4) is 0 Å². The van der Waals surface area contributed by atoms with E-state index in [0.29, 0.717) is 0 Å². The summed E-state index contributed by atoms with van der Waals surface area (Å²) >= 11 is 0. The quantitative estimate of drug-likeness (QED) is 0.727. The number of nitrogens with one attached hydrogen (secondary N) is 3. The van der Waals surface area contributed by atoms with Crippen molar-refractivity contribution in [2.75, 3.05) is 12.4 Å². The third-order valence-electron chi connectivity index (χ3n) is 2.05. The normalized spacial score (nSPS) is 10.2. The van der Waals surface area contributed by atoms with Crippen LogP contribution in [0.1, 0.15) is 19.4 Å². The van der Waals surface area contributed by atoms with Crippen molar-refractivity contribution in [3.63, 3.8) is 0 Å². The molecule has 0 bridgehead atoms. The lowest BCUT2D eigenvalue weighted by atomic mass is 10.2. The Morgan fingerprint density at radius 2 is 2.00 bits per heavy atom. The molecule has 4 nitrogen and oxygen atoms in total. The Bertz CT molecular complexity index is 350. The maximum Gasteiger partial charge on any atom is 0.319 e. The van der Waals surface area contributed by atoms with E-state index in [1.54, 1.807) is 0 Å². The van der Waals surface area contributed by atoms with Gasteiger partial charge in [0, 0.05) is 18.3 Å². The molecule has 0 unspecified atom stereocenters. The molecule has 88 valence electrons. The molecule has 0 saturated carbocycles. The zero-order valence-corrected chi connectivity index (χ0v) is 10.0. The monoisotopic (exact) mass is 221 g/mol. The van der Waals surface area contributed by atoms with Gasteiger partial charge in [-0.05, 0) is 32.5 Å². The molecule has 0 heterocycles. The van der Waals surface area contributed by atoms with E-state index in [0.717, 1.165) is 17.8 Å². The minimum absolute atomic E-state index is 0.136. The van der Waals surface area contributed by atoms with E-state index in [9.17, 15) is 4.79 Å². The van der Waals surface area contributed by atoms with Crippen LogP contribution in [0.5, 0.6) is 0 Å². The van der Waals surface area contributed by atoms with E-state index in [-0.39, 0.29) is 12.1 Å². The smallest absolute Gasteiger partial charge is 0.319 e. The molecule has 0 aromatic heterocycles. The number of rotatable bonds is 4. The average molecular weight is 221 g/mol. The summed E-state index contributed by atoms with van der Waals surface area (Å²) in [6.07, 6.45) is 0.